The zero-order valence-electron chi connectivity index (χ0n) is 9.35. The zero-order valence-corrected chi connectivity index (χ0v) is 9.35. The highest BCUT2D eigenvalue weighted by Crippen LogP contribution is 2.04. The molecule has 0 saturated heterocycles. The van der Waals surface area contributed by atoms with Gasteiger partial charge in [-0.2, -0.15) is 0 Å². The monoisotopic (exact) mass is 230 g/mol. The van der Waals surface area contributed by atoms with Crippen LogP contribution >= 0.6 is 0 Å². The fraction of sp³-hybridized carbons (Fsp3) is 0.154. The first kappa shape index (κ1) is 11.3. The second-order valence-corrected chi connectivity index (χ2v) is 3.62. The Morgan fingerprint density at radius 2 is 1.94 bits per heavy atom. The van der Waals surface area contributed by atoms with Crippen LogP contribution in [-0.4, -0.2) is 5.91 Å². The second-order valence-electron chi connectivity index (χ2n) is 3.62. The lowest BCUT2D eigenvalue weighted by molar-refractivity contribution is -0.120. The van der Waals surface area contributed by atoms with E-state index in [2.05, 4.69) is 10.9 Å². The van der Waals surface area contributed by atoms with Crippen LogP contribution in [0.25, 0.3) is 0 Å². The van der Waals surface area contributed by atoms with Gasteiger partial charge < -0.3 is 4.42 Å². The molecule has 0 aliphatic heterocycles. The maximum Gasteiger partial charge on any atom is 0.238 e. The van der Waals surface area contributed by atoms with E-state index in [4.69, 9.17) is 4.42 Å². The van der Waals surface area contributed by atoms with E-state index in [0.29, 0.717) is 12.8 Å². The van der Waals surface area contributed by atoms with E-state index in [9.17, 15) is 4.79 Å². The zero-order chi connectivity index (χ0) is 11.9. The lowest BCUT2D eigenvalue weighted by Crippen LogP contribution is -2.29. The van der Waals surface area contributed by atoms with Crippen molar-refractivity contribution in [1.82, 2.24) is 5.43 Å². The molecule has 0 unspecified atom stereocenters. The van der Waals surface area contributed by atoms with Gasteiger partial charge in [-0.1, -0.05) is 18.2 Å². The van der Waals surface area contributed by atoms with E-state index in [1.807, 2.05) is 42.5 Å². The molecular weight excluding hydrogens is 216 g/mol. The molecule has 0 saturated carbocycles. The Hall–Kier alpha value is -2.23. The average molecular weight is 230 g/mol. The first-order valence-corrected chi connectivity index (χ1v) is 5.47. The Kier molecular flexibility index (Phi) is 3.81. The highest BCUT2D eigenvalue weighted by Gasteiger charge is 2.03. The molecule has 1 aromatic heterocycles. The molecular formula is C13H14N2O2. The summed E-state index contributed by atoms with van der Waals surface area (Å²) in [6.45, 7) is 0. The van der Waals surface area contributed by atoms with E-state index in [0.717, 1.165) is 11.4 Å². The van der Waals surface area contributed by atoms with Crippen LogP contribution in [0.5, 0.6) is 0 Å². The molecule has 4 heteroatoms. The molecule has 0 radical (unpaired) electrons. The standard InChI is InChI=1S/C13H14N2O2/c16-13(9-8-12-7-4-10-17-12)15-14-11-5-2-1-3-6-11/h1-7,10,14H,8-9H2,(H,15,16). The number of furan rings is 1. The third-order valence-electron chi connectivity index (χ3n) is 2.30. The fourth-order valence-electron chi connectivity index (χ4n) is 1.42. The van der Waals surface area contributed by atoms with Crippen LogP contribution in [0.15, 0.2) is 53.1 Å². The highest BCUT2D eigenvalue weighted by atomic mass is 16.3. The first-order chi connectivity index (χ1) is 8.34. The van der Waals surface area contributed by atoms with Crippen molar-refractivity contribution in [3.63, 3.8) is 0 Å². The smallest absolute Gasteiger partial charge is 0.238 e. The van der Waals surface area contributed by atoms with Crippen molar-refractivity contribution < 1.29 is 9.21 Å². The second kappa shape index (κ2) is 5.75. The van der Waals surface area contributed by atoms with Crippen LogP contribution < -0.4 is 10.9 Å². The van der Waals surface area contributed by atoms with Crippen molar-refractivity contribution in [2.45, 2.75) is 12.8 Å². The maximum atomic E-state index is 11.5. The van der Waals surface area contributed by atoms with E-state index in [-0.39, 0.29) is 5.91 Å². The fourth-order valence-corrected chi connectivity index (χ4v) is 1.42. The van der Waals surface area contributed by atoms with Gasteiger partial charge in [0, 0.05) is 12.8 Å². The third kappa shape index (κ3) is 3.68. The summed E-state index contributed by atoms with van der Waals surface area (Å²) in [6, 6.07) is 13.2. The number of hydrazine groups is 1. The van der Waals surface area contributed by atoms with Gasteiger partial charge in [0.05, 0.1) is 12.0 Å². The molecule has 2 N–H and O–H groups in total. The summed E-state index contributed by atoms with van der Waals surface area (Å²) >= 11 is 0. The van der Waals surface area contributed by atoms with Gasteiger partial charge in [0.25, 0.3) is 0 Å². The molecule has 2 rings (SSSR count). The molecule has 17 heavy (non-hydrogen) atoms. The van der Waals surface area contributed by atoms with Gasteiger partial charge in [-0.25, -0.2) is 0 Å². The number of para-hydroxylation sites is 1. The summed E-state index contributed by atoms with van der Waals surface area (Å²) in [5, 5.41) is 0. The van der Waals surface area contributed by atoms with Crippen molar-refractivity contribution in [3.05, 3.63) is 54.5 Å². The summed E-state index contributed by atoms with van der Waals surface area (Å²) in [4.78, 5) is 11.5. The molecule has 0 bridgehead atoms. The molecule has 4 nitrogen and oxygen atoms in total. The first-order valence-electron chi connectivity index (χ1n) is 5.47. The molecule has 0 aliphatic rings. The molecule has 88 valence electrons. The van der Waals surface area contributed by atoms with E-state index >= 15 is 0 Å². The number of benzene rings is 1. The molecule has 1 amide bonds. The van der Waals surface area contributed by atoms with E-state index in [1.54, 1.807) is 6.26 Å². The topological polar surface area (TPSA) is 54.3 Å². The number of hydrogen-bond acceptors (Lipinski definition) is 3. The normalized spacial score (nSPS) is 9.88. The summed E-state index contributed by atoms with van der Waals surface area (Å²) in [5.41, 5.74) is 6.34. The lowest BCUT2D eigenvalue weighted by atomic mass is 10.2. The van der Waals surface area contributed by atoms with E-state index < -0.39 is 0 Å². The minimum Gasteiger partial charge on any atom is -0.469 e. The minimum atomic E-state index is -0.0646. The summed E-state index contributed by atoms with van der Waals surface area (Å²) in [6.07, 6.45) is 2.61. The largest absolute Gasteiger partial charge is 0.469 e. The Morgan fingerprint density at radius 1 is 1.12 bits per heavy atom. The van der Waals surface area contributed by atoms with Gasteiger partial charge in [-0.05, 0) is 24.3 Å². The van der Waals surface area contributed by atoms with Crippen molar-refractivity contribution >= 4 is 11.6 Å². The van der Waals surface area contributed by atoms with E-state index in [1.165, 1.54) is 0 Å². The molecule has 2 aromatic rings. The molecule has 0 fully saturated rings. The molecule has 0 spiro atoms. The van der Waals surface area contributed by atoms with Crippen molar-refractivity contribution in [2.75, 3.05) is 5.43 Å². The van der Waals surface area contributed by atoms with Crippen LogP contribution in [0.1, 0.15) is 12.2 Å². The number of carbonyl (C=O) groups is 1. The predicted octanol–water partition coefficient (Wildman–Crippen LogP) is 2.36. The highest BCUT2D eigenvalue weighted by molar-refractivity contribution is 5.77. The summed E-state index contributed by atoms with van der Waals surface area (Å²) in [5.74, 6) is 0.755. The van der Waals surface area contributed by atoms with Gasteiger partial charge in [0.1, 0.15) is 5.76 Å². The van der Waals surface area contributed by atoms with Crippen LogP contribution in [0.4, 0.5) is 5.69 Å². The summed E-state index contributed by atoms with van der Waals surface area (Å²) < 4.78 is 5.15. The van der Waals surface area contributed by atoms with Crippen LogP contribution in [0.3, 0.4) is 0 Å². The number of anilines is 1. The number of nitrogens with one attached hydrogen (secondary N) is 2. The van der Waals surface area contributed by atoms with Crippen molar-refractivity contribution in [3.8, 4) is 0 Å². The van der Waals surface area contributed by atoms with Gasteiger partial charge in [0.2, 0.25) is 5.91 Å². The molecule has 1 heterocycles. The van der Waals surface area contributed by atoms with Gasteiger partial charge in [-0.15, -0.1) is 0 Å². The summed E-state index contributed by atoms with van der Waals surface area (Å²) in [7, 11) is 0. The van der Waals surface area contributed by atoms with Gasteiger partial charge in [-0.3, -0.25) is 15.6 Å². The molecule has 1 aromatic carbocycles. The number of rotatable bonds is 5. The SMILES string of the molecule is O=C(CCc1ccco1)NNc1ccccc1. The van der Waals surface area contributed by atoms with Crippen LogP contribution in [-0.2, 0) is 11.2 Å². The Labute approximate surface area is 99.6 Å². The molecule has 0 atom stereocenters. The quantitative estimate of drug-likeness (QED) is 0.775. The van der Waals surface area contributed by atoms with Crippen LogP contribution in [0, 0.1) is 0 Å². The Balaban J connectivity index is 1.71. The number of hydrogen-bond donors (Lipinski definition) is 2. The lowest BCUT2D eigenvalue weighted by Gasteiger charge is -2.07. The van der Waals surface area contributed by atoms with Crippen molar-refractivity contribution in [1.29, 1.82) is 0 Å². The van der Waals surface area contributed by atoms with Crippen molar-refractivity contribution in [2.24, 2.45) is 0 Å². The predicted molar refractivity (Wildman–Crippen MR) is 65.2 cm³/mol. The Bertz CT molecular complexity index is 452. The van der Waals surface area contributed by atoms with Crippen LogP contribution in [0.2, 0.25) is 0 Å². The number of aryl methyl sites for hydroxylation is 1. The number of carbonyl (C=O) groups excluding carboxylic acids is 1. The molecule has 0 aliphatic carbocycles. The minimum absolute atomic E-state index is 0.0646. The third-order valence-corrected chi connectivity index (χ3v) is 2.30. The number of amides is 1. The van der Waals surface area contributed by atoms with Gasteiger partial charge in [0.15, 0.2) is 0 Å². The Morgan fingerprint density at radius 3 is 2.65 bits per heavy atom. The maximum absolute atomic E-state index is 11.5. The van der Waals surface area contributed by atoms with Gasteiger partial charge >= 0.3 is 0 Å². The average Bonchev–Trinajstić information content (AvgIpc) is 2.88.